The van der Waals surface area contributed by atoms with Crippen molar-refractivity contribution in [3.8, 4) is 6.07 Å². The fraction of sp³-hybridized carbons (Fsp3) is 0.0769. The Kier molecular flexibility index (Phi) is 3.66. The zero-order chi connectivity index (χ0) is 13.0. The molecule has 2 rings (SSSR count). The summed E-state index contributed by atoms with van der Waals surface area (Å²) in [6.07, 6.45) is 0.349. The molecule has 0 spiro atoms. The fourth-order valence-electron chi connectivity index (χ4n) is 1.43. The van der Waals surface area contributed by atoms with Gasteiger partial charge < -0.3 is 9.73 Å². The normalized spacial score (nSPS) is 9.78. The van der Waals surface area contributed by atoms with Crippen LogP contribution in [0.4, 0.5) is 5.69 Å². The number of rotatable bonds is 3. The van der Waals surface area contributed by atoms with E-state index in [1.807, 2.05) is 0 Å². The monoisotopic (exact) mass is 260 g/mol. The van der Waals surface area contributed by atoms with Crippen LogP contribution in [0.25, 0.3) is 0 Å². The maximum Gasteiger partial charge on any atom is 0.291 e. The van der Waals surface area contributed by atoms with E-state index in [2.05, 4.69) is 11.4 Å². The summed E-state index contributed by atoms with van der Waals surface area (Å²) in [5.41, 5.74) is 1.53. The lowest BCUT2D eigenvalue weighted by molar-refractivity contribution is 0.0997. The number of nitrogens with zero attached hydrogens (tertiary/aromatic N) is 1. The highest BCUT2D eigenvalue weighted by atomic mass is 35.5. The summed E-state index contributed by atoms with van der Waals surface area (Å²) in [5, 5.41) is 11.4. The number of hydrogen-bond acceptors (Lipinski definition) is 3. The Bertz CT molecular complexity index is 596. The molecular weight excluding hydrogens is 252 g/mol. The molecule has 0 fully saturated rings. The zero-order valence-electron chi connectivity index (χ0n) is 9.31. The minimum absolute atomic E-state index is 0.154. The lowest BCUT2D eigenvalue weighted by Gasteiger charge is -2.03. The van der Waals surface area contributed by atoms with Gasteiger partial charge in [-0.1, -0.05) is 12.1 Å². The third-order valence-electron chi connectivity index (χ3n) is 2.29. The van der Waals surface area contributed by atoms with E-state index in [0.717, 1.165) is 5.56 Å². The Morgan fingerprint density at radius 2 is 2.00 bits per heavy atom. The second kappa shape index (κ2) is 5.39. The number of hydrogen-bond donors (Lipinski definition) is 1. The molecule has 0 saturated heterocycles. The SMILES string of the molecule is N#CCc1ccc(NC(=O)c2ccc(Cl)o2)cc1. The molecule has 2 aromatic rings. The van der Waals surface area contributed by atoms with E-state index in [9.17, 15) is 4.79 Å². The summed E-state index contributed by atoms with van der Waals surface area (Å²) >= 11 is 5.59. The highest BCUT2D eigenvalue weighted by Gasteiger charge is 2.10. The molecule has 4 nitrogen and oxygen atoms in total. The number of carbonyl (C=O) groups excluding carboxylic acids is 1. The standard InChI is InChI=1S/C13H9ClN2O2/c14-12-6-5-11(18-12)13(17)16-10-3-1-9(2-4-10)7-8-15/h1-6H,7H2,(H,16,17). The van der Waals surface area contributed by atoms with Crippen LogP contribution in [0.2, 0.25) is 5.22 Å². The van der Waals surface area contributed by atoms with Crippen molar-refractivity contribution in [2.24, 2.45) is 0 Å². The molecule has 18 heavy (non-hydrogen) atoms. The molecule has 1 aromatic carbocycles. The summed E-state index contributed by atoms with van der Waals surface area (Å²) in [7, 11) is 0. The third kappa shape index (κ3) is 2.90. The topological polar surface area (TPSA) is 66.0 Å². The van der Waals surface area contributed by atoms with Crippen LogP contribution in [0.5, 0.6) is 0 Å². The summed E-state index contributed by atoms with van der Waals surface area (Å²) < 4.78 is 4.99. The highest BCUT2D eigenvalue weighted by molar-refractivity contribution is 6.29. The van der Waals surface area contributed by atoms with Crippen LogP contribution in [0.15, 0.2) is 40.8 Å². The Balaban J connectivity index is 2.05. The van der Waals surface area contributed by atoms with Crippen molar-refractivity contribution in [3.63, 3.8) is 0 Å². The average molecular weight is 261 g/mol. The van der Waals surface area contributed by atoms with Gasteiger partial charge in [0, 0.05) is 5.69 Å². The Hall–Kier alpha value is -2.25. The first-order valence-electron chi connectivity index (χ1n) is 5.21. The molecule has 0 aliphatic rings. The molecule has 0 aliphatic heterocycles. The lowest BCUT2D eigenvalue weighted by Crippen LogP contribution is -2.10. The van der Waals surface area contributed by atoms with Crippen molar-refractivity contribution in [2.75, 3.05) is 5.32 Å². The minimum atomic E-state index is -0.366. The molecule has 0 atom stereocenters. The van der Waals surface area contributed by atoms with E-state index in [-0.39, 0.29) is 16.9 Å². The van der Waals surface area contributed by atoms with Crippen LogP contribution in [0.3, 0.4) is 0 Å². The van der Waals surface area contributed by atoms with Gasteiger partial charge in [0.15, 0.2) is 11.0 Å². The Morgan fingerprint density at radius 3 is 2.56 bits per heavy atom. The van der Waals surface area contributed by atoms with Gasteiger partial charge in [-0.05, 0) is 41.4 Å². The first kappa shape index (κ1) is 12.2. The first-order valence-corrected chi connectivity index (χ1v) is 5.59. The van der Waals surface area contributed by atoms with E-state index in [0.29, 0.717) is 12.1 Å². The summed E-state index contributed by atoms with van der Waals surface area (Å²) in [6, 6.07) is 12.1. The van der Waals surface area contributed by atoms with E-state index in [1.165, 1.54) is 12.1 Å². The first-order chi connectivity index (χ1) is 8.69. The van der Waals surface area contributed by atoms with Crippen molar-refractivity contribution in [1.82, 2.24) is 0 Å². The van der Waals surface area contributed by atoms with Crippen LogP contribution in [-0.2, 0) is 6.42 Å². The maximum absolute atomic E-state index is 11.7. The van der Waals surface area contributed by atoms with E-state index in [1.54, 1.807) is 24.3 Å². The number of nitriles is 1. The number of nitrogens with one attached hydrogen (secondary N) is 1. The van der Waals surface area contributed by atoms with Gasteiger partial charge in [0.1, 0.15) is 0 Å². The van der Waals surface area contributed by atoms with Gasteiger partial charge in [-0.2, -0.15) is 5.26 Å². The number of halogens is 1. The van der Waals surface area contributed by atoms with Crippen LogP contribution in [-0.4, -0.2) is 5.91 Å². The van der Waals surface area contributed by atoms with Crippen LogP contribution >= 0.6 is 11.6 Å². The minimum Gasteiger partial charge on any atom is -0.440 e. The predicted octanol–water partition coefficient (Wildman–Crippen LogP) is 3.25. The van der Waals surface area contributed by atoms with Crippen molar-refractivity contribution in [1.29, 1.82) is 5.26 Å². The van der Waals surface area contributed by atoms with Gasteiger partial charge >= 0.3 is 0 Å². The van der Waals surface area contributed by atoms with E-state index >= 15 is 0 Å². The largest absolute Gasteiger partial charge is 0.440 e. The van der Waals surface area contributed by atoms with Gasteiger partial charge in [-0.15, -0.1) is 0 Å². The molecule has 1 N–H and O–H groups in total. The highest BCUT2D eigenvalue weighted by Crippen LogP contribution is 2.16. The smallest absolute Gasteiger partial charge is 0.291 e. The maximum atomic E-state index is 11.7. The number of furan rings is 1. The van der Waals surface area contributed by atoms with E-state index < -0.39 is 0 Å². The molecule has 1 heterocycles. The number of carbonyl (C=O) groups is 1. The molecule has 5 heteroatoms. The number of benzene rings is 1. The Morgan fingerprint density at radius 1 is 1.28 bits per heavy atom. The van der Waals surface area contributed by atoms with Crippen molar-refractivity contribution < 1.29 is 9.21 Å². The third-order valence-corrected chi connectivity index (χ3v) is 2.50. The summed E-state index contributed by atoms with van der Waals surface area (Å²) in [5.74, 6) is -0.212. The second-order valence-electron chi connectivity index (χ2n) is 3.59. The van der Waals surface area contributed by atoms with Crippen molar-refractivity contribution in [3.05, 3.63) is 52.9 Å². The van der Waals surface area contributed by atoms with Crippen molar-refractivity contribution in [2.45, 2.75) is 6.42 Å². The average Bonchev–Trinajstić information content (AvgIpc) is 2.79. The predicted molar refractivity (Wildman–Crippen MR) is 67.4 cm³/mol. The lowest BCUT2D eigenvalue weighted by atomic mass is 10.1. The number of amides is 1. The van der Waals surface area contributed by atoms with Gasteiger partial charge in [0.05, 0.1) is 12.5 Å². The van der Waals surface area contributed by atoms with Gasteiger partial charge in [-0.25, -0.2) is 0 Å². The van der Waals surface area contributed by atoms with Crippen LogP contribution < -0.4 is 5.32 Å². The van der Waals surface area contributed by atoms with E-state index in [4.69, 9.17) is 21.3 Å². The quantitative estimate of drug-likeness (QED) is 0.921. The molecule has 90 valence electrons. The zero-order valence-corrected chi connectivity index (χ0v) is 10.1. The second-order valence-corrected chi connectivity index (χ2v) is 3.96. The molecule has 0 bridgehead atoms. The molecule has 1 aromatic heterocycles. The molecule has 1 amide bonds. The van der Waals surface area contributed by atoms with Gasteiger partial charge in [0.2, 0.25) is 0 Å². The molecule has 0 saturated carbocycles. The van der Waals surface area contributed by atoms with Crippen LogP contribution in [0, 0.1) is 11.3 Å². The summed E-state index contributed by atoms with van der Waals surface area (Å²) in [6.45, 7) is 0. The Labute approximate surface area is 109 Å². The van der Waals surface area contributed by atoms with Gasteiger partial charge in [0.25, 0.3) is 5.91 Å². The molecular formula is C13H9ClN2O2. The van der Waals surface area contributed by atoms with Gasteiger partial charge in [-0.3, -0.25) is 4.79 Å². The van der Waals surface area contributed by atoms with Crippen molar-refractivity contribution >= 4 is 23.2 Å². The molecule has 0 aliphatic carbocycles. The fourth-order valence-corrected chi connectivity index (χ4v) is 1.57. The number of anilines is 1. The molecule has 0 radical (unpaired) electrons. The van der Waals surface area contributed by atoms with Crippen LogP contribution in [0.1, 0.15) is 16.1 Å². The summed E-state index contributed by atoms with van der Waals surface area (Å²) in [4.78, 5) is 11.7. The molecule has 0 unspecified atom stereocenters.